The largest absolute Gasteiger partial charge is 0.391 e. The SMILES string of the molecule is CC(C)C(O)CNC(=O)c1cc(Cl)nc(Cl)c1. The first kappa shape index (κ1) is 14.2. The Morgan fingerprint density at radius 1 is 1.41 bits per heavy atom. The van der Waals surface area contributed by atoms with Crippen LogP contribution in [-0.2, 0) is 0 Å². The molecular weight excluding hydrogens is 263 g/mol. The lowest BCUT2D eigenvalue weighted by atomic mass is 10.1. The number of hydrogen-bond acceptors (Lipinski definition) is 3. The van der Waals surface area contributed by atoms with Gasteiger partial charge in [0.2, 0.25) is 0 Å². The molecule has 0 saturated heterocycles. The van der Waals surface area contributed by atoms with Crippen LogP contribution >= 0.6 is 23.2 Å². The van der Waals surface area contributed by atoms with E-state index in [0.717, 1.165) is 0 Å². The van der Waals surface area contributed by atoms with Crippen LogP contribution in [0.5, 0.6) is 0 Å². The lowest BCUT2D eigenvalue weighted by molar-refractivity contribution is 0.0871. The van der Waals surface area contributed by atoms with Crippen LogP contribution in [0.1, 0.15) is 24.2 Å². The molecule has 1 amide bonds. The van der Waals surface area contributed by atoms with Crippen molar-refractivity contribution in [2.75, 3.05) is 6.54 Å². The number of halogens is 2. The number of rotatable bonds is 4. The molecule has 1 atom stereocenters. The van der Waals surface area contributed by atoms with E-state index >= 15 is 0 Å². The van der Waals surface area contributed by atoms with Gasteiger partial charge in [-0.2, -0.15) is 0 Å². The second kappa shape index (κ2) is 6.19. The number of amides is 1. The molecular formula is C11H14Cl2N2O2. The van der Waals surface area contributed by atoms with Crippen LogP contribution in [0, 0.1) is 5.92 Å². The number of aliphatic hydroxyl groups is 1. The van der Waals surface area contributed by atoms with Crippen molar-refractivity contribution in [3.63, 3.8) is 0 Å². The van der Waals surface area contributed by atoms with Crippen LogP contribution < -0.4 is 5.32 Å². The quantitative estimate of drug-likeness (QED) is 0.829. The molecule has 0 spiro atoms. The first-order valence-corrected chi connectivity index (χ1v) is 5.95. The summed E-state index contributed by atoms with van der Waals surface area (Å²) in [6, 6.07) is 2.84. The molecule has 0 aliphatic carbocycles. The monoisotopic (exact) mass is 276 g/mol. The van der Waals surface area contributed by atoms with Gasteiger partial charge in [0.15, 0.2) is 0 Å². The summed E-state index contributed by atoms with van der Waals surface area (Å²) < 4.78 is 0. The summed E-state index contributed by atoms with van der Waals surface area (Å²) in [5.74, 6) is -0.254. The second-order valence-electron chi connectivity index (χ2n) is 4.02. The van der Waals surface area contributed by atoms with E-state index in [4.69, 9.17) is 23.2 Å². The molecule has 0 aliphatic heterocycles. The van der Waals surface area contributed by atoms with Crippen molar-refractivity contribution in [3.05, 3.63) is 28.0 Å². The Labute approximate surface area is 110 Å². The fourth-order valence-corrected chi connectivity index (χ4v) is 1.59. The van der Waals surface area contributed by atoms with Crippen LogP contribution in [0.15, 0.2) is 12.1 Å². The van der Waals surface area contributed by atoms with E-state index < -0.39 is 6.10 Å². The first-order chi connectivity index (χ1) is 7.90. The fraction of sp³-hybridized carbons (Fsp3) is 0.455. The molecule has 0 saturated carbocycles. The average molecular weight is 277 g/mol. The van der Waals surface area contributed by atoms with Crippen LogP contribution in [0.25, 0.3) is 0 Å². The molecule has 1 heterocycles. The summed E-state index contributed by atoms with van der Waals surface area (Å²) in [6.45, 7) is 3.93. The third-order valence-electron chi connectivity index (χ3n) is 2.27. The molecule has 2 N–H and O–H groups in total. The highest BCUT2D eigenvalue weighted by molar-refractivity contribution is 6.33. The Balaban J connectivity index is 2.64. The van der Waals surface area contributed by atoms with Gasteiger partial charge in [0.1, 0.15) is 10.3 Å². The Morgan fingerprint density at radius 3 is 2.41 bits per heavy atom. The Kier molecular flexibility index (Phi) is 5.18. The topological polar surface area (TPSA) is 62.2 Å². The molecule has 4 nitrogen and oxygen atoms in total. The normalized spacial score (nSPS) is 12.6. The zero-order valence-corrected chi connectivity index (χ0v) is 11.1. The molecule has 0 radical (unpaired) electrons. The number of aliphatic hydroxyl groups excluding tert-OH is 1. The number of hydrogen-bond donors (Lipinski definition) is 2. The van der Waals surface area contributed by atoms with Crippen molar-refractivity contribution in [2.24, 2.45) is 5.92 Å². The Morgan fingerprint density at radius 2 is 1.94 bits per heavy atom. The van der Waals surface area contributed by atoms with Gasteiger partial charge in [-0.25, -0.2) is 4.98 Å². The van der Waals surface area contributed by atoms with Gasteiger partial charge >= 0.3 is 0 Å². The highest BCUT2D eigenvalue weighted by Gasteiger charge is 2.13. The highest BCUT2D eigenvalue weighted by atomic mass is 35.5. The van der Waals surface area contributed by atoms with E-state index in [1.54, 1.807) is 0 Å². The van der Waals surface area contributed by atoms with Gasteiger partial charge in [0.05, 0.1) is 6.10 Å². The molecule has 94 valence electrons. The maximum absolute atomic E-state index is 11.7. The summed E-state index contributed by atoms with van der Waals surface area (Å²) in [5, 5.41) is 12.5. The summed E-state index contributed by atoms with van der Waals surface area (Å²) >= 11 is 11.4. The van der Waals surface area contributed by atoms with Crippen molar-refractivity contribution in [2.45, 2.75) is 20.0 Å². The van der Waals surface area contributed by atoms with Crippen molar-refractivity contribution in [1.82, 2.24) is 10.3 Å². The van der Waals surface area contributed by atoms with E-state index in [2.05, 4.69) is 10.3 Å². The number of nitrogens with zero attached hydrogens (tertiary/aromatic N) is 1. The van der Waals surface area contributed by atoms with E-state index in [9.17, 15) is 9.90 Å². The highest BCUT2D eigenvalue weighted by Crippen LogP contribution is 2.14. The molecule has 0 bridgehead atoms. The minimum absolute atomic E-state index is 0.0833. The maximum Gasteiger partial charge on any atom is 0.251 e. The third-order valence-corrected chi connectivity index (χ3v) is 2.65. The molecule has 1 rings (SSSR count). The minimum Gasteiger partial charge on any atom is -0.391 e. The Bertz CT molecular complexity index is 390. The molecule has 6 heteroatoms. The zero-order chi connectivity index (χ0) is 13.0. The predicted molar refractivity (Wildman–Crippen MR) is 67.4 cm³/mol. The minimum atomic E-state index is -0.577. The smallest absolute Gasteiger partial charge is 0.251 e. The molecule has 1 unspecified atom stereocenters. The first-order valence-electron chi connectivity index (χ1n) is 5.19. The second-order valence-corrected chi connectivity index (χ2v) is 4.80. The maximum atomic E-state index is 11.7. The van der Waals surface area contributed by atoms with Crippen LogP contribution in [0.4, 0.5) is 0 Å². The molecule has 0 aromatic carbocycles. The molecule has 17 heavy (non-hydrogen) atoms. The lowest BCUT2D eigenvalue weighted by Gasteiger charge is -2.15. The summed E-state index contributed by atoms with van der Waals surface area (Å²) in [6.07, 6.45) is -0.577. The summed E-state index contributed by atoms with van der Waals surface area (Å²) in [4.78, 5) is 15.5. The number of aromatic nitrogens is 1. The van der Waals surface area contributed by atoms with Crippen molar-refractivity contribution < 1.29 is 9.90 Å². The van der Waals surface area contributed by atoms with Gasteiger partial charge < -0.3 is 10.4 Å². The number of pyridine rings is 1. The van der Waals surface area contributed by atoms with E-state index in [0.29, 0.717) is 5.56 Å². The van der Waals surface area contributed by atoms with E-state index in [1.165, 1.54) is 12.1 Å². The van der Waals surface area contributed by atoms with Crippen molar-refractivity contribution in [1.29, 1.82) is 0 Å². The van der Waals surface area contributed by atoms with Gasteiger partial charge in [-0.15, -0.1) is 0 Å². The molecule has 1 aromatic rings. The third kappa shape index (κ3) is 4.50. The van der Waals surface area contributed by atoms with Gasteiger partial charge in [-0.1, -0.05) is 37.0 Å². The van der Waals surface area contributed by atoms with Crippen molar-refractivity contribution in [3.8, 4) is 0 Å². The average Bonchev–Trinajstić information content (AvgIpc) is 2.23. The lowest BCUT2D eigenvalue weighted by Crippen LogP contribution is -2.34. The standard InChI is InChI=1S/C11H14Cl2N2O2/c1-6(2)8(16)5-14-11(17)7-3-9(12)15-10(13)4-7/h3-4,6,8,16H,5H2,1-2H3,(H,14,17). The predicted octanol–water partition coefficient (Wildman–Crippen LogP) is 2.14. The molecule has 0 aliphatic rings. The fourth-order valence-electron chi connectivity index (χ4n) is 1.13. The Hall–Kier alpha value is -0.840. The number of carbonyl (C=O) groups is 1. The summed E-state index contributed by atoms with van der Waals surface area (Å²) in [7, 11) is 0. The van der Waals surface area contributed by atoms with Crippen molar-refractivity contribution >= 4 is 29.1 Å². The van der Waals surface area contributed by atoms with Gasteiger partial charge in [-0.05, 0) is 18.1 Å². The number of carbonyl (C=O) groups excluding carboxylic acids is 1. The van der Waals surface area contributed by atoms with Crippen LogP contribution in [0.3, 0.4) is 0 Å². The molecule has 1 aromatic heterocycles. The van der Waals surface area contributed by atoms with Gasteiger partial charge in [0, 0.05) is 12.1 Å². The van der Waals surface area contributed by atoms with Gasteiger partial charge in [0.25, 0.3) is 5.91 Å². The van der Waals surface area contributed by atoms with Crippen LogP contribution in [0.2, 0.25) is 10.3 Å². The van der Waals surface area contributed by atoms with Gasteiger partial charge in [-0.3, -0.25) is 4.79 Å². The van der Waals surface area contributed by atoms with E-state index in [-0.39, 0.29) is 28.7 Å². The van der Waals surface area contributed by atoms with Crippen LogP contribution in [-0.4, -0.2) is 28.6 Å². The number of nitrogens with one attached hydrogen (secondary N) is 1. The molecule has 0 fully saturated rings. The summed E-state index contributed by atoms with van der Waals surface area (Å²) in [5.41, 5.74) is 0.325. The van der Waals surface area contributed by atoms with E-state index in [1.807, 2.05) is 13.8 Å². The zero-order valence-electron chi connectivity index (χ0n) is 9.58.